The monoisotopic (exact) mass is 290 g/mol. The highest BCUT2D eigenvalue weighted by Gasteiger charge is 2.49. The van der Waals surface area contributed by atoms with E-state index in [0.717, 1.165) is 11.7 Å². The van der Waals surface area contributed by atoms with Crippen LogP contribution in [0.25, 0.3) is 0 Å². The molecule has 20 heavy (non-hydrogen) atoms. The van der Waals surface area contributed by atoms with E-state index in [4.69, 9.17) is 4.74 Å². The molecule has 0 N–H and O–H groups in total. The van der Waals surface area contributed by atoms with Gasteiger partial charge in [0.05, 0.1) is 12.7 Å². The van der Waals surface area contributed by atoms with E-state index >= 15 is 0 Å². The Balaban J connectivity index is 1.22. The molecule has 4 heteroatoms. The fraction of sp³-hybridized carbons (Fsp3) is 0.688. The number of hydrogen-bond donors (Lipinski definition) is 0. The minimum Gasteiger partial charge on any atom is -0.373 e. The first-order valence-corrected chi connectivity index (χ1v) is 8.67. The topological polar surface area (TPSA) is 25.4 Å². The van der Waals surface area contributed by atoms with E-state index in [0.29, 0.717) is 17.5 Å². The highest BCUT2D eigenvalue weighted by molar-refractivity contribution is 8.01. The van der Waals surface area contributed by atoms with Crippen molar-refractivity contribution in [1.82, 2.24) is 9.88 Å². The third-order valence-corrected chi connectivity index (χ3v) is 6.20. The molecule has 0 amide bonds. The van der Waals surface area contributed by atoms with Gasteiger partial charge in [-0.15, -0.1) is 11.8 Å². The maximum Gasteiger partial charge on any atom is 0.0736 e. The molecule has 108 valence electrons. The normalized spacial score (nSPS) is 28.7. The summed E-state index contributed by atoms with van der Waals surface area (Å²) in [5.74, 6) is 2.19. The fourth-order valence-electron chi connectivity index (χ4n) is 3.39. The van der Waals surface area contributed by atoms with E-state index in [1.807, 2.05) is 18.5 Å². The van der Waals surface area contributed by atoms with Crippen LogP contribution in [0.1, 0.15) is 24.8 Å². The second-order valence-corrected chi connectivity index (χ2v) is 8.09. The van der Waals surface area contributed by atoms with Crippen molar-refractivity contribution in [2.24, 2.45) is 5.92 Å². The summed E-state index contributed by atoms with van der Waals surface area (Å²) in [5.41, 5.74) is 1.18. The minimum absolute atomic E-state index is 0.434. The Morgan fingerprint density at radius 2 is 2.30 bits per heavy atom. The van der Waals surface area contributed by atoms with E-state index in [9.17, 15) is 0 Å². The lowest BCUT2D eigenvalue weighted by atomic mass is 9.92. The van der Waals surface area contributed by atoms with Gasteiger partial charge in [0, 0.05) is 42.5 Å². The lowest BCUT2D eigenvalue weighted by molar-refractivity contribution is 0.0271. The summed E-state index contributed by atoms with van der Waals surface area (Å²) in [4.78, 5) is 6.78. The number of hydrogen-bond acceptors (Lipinski definition) is 4. The molecule has 3 fully saturated rings. The van der Waals surface area contributed by atoms with Crippen molar-refractivity contribution in [2.75, 3.05) is 25.4 Å². The Bertz CT molecular complexity index is 457. The van der Waals surface area contributed by atoms with Crippen molar-refractivity contribution in [2.45, 2.75) is 36.7 Å². The number of aromatic nitrogens is 1. The molecule has 0 aromatic carbocycles. The number of pyridine rings is 1. The first-order chi connectivity index (χ1) is 9.81. The van der Waals surface area contributed by atoms with Gasteiger partial charge in [0.15, 0.2) is 0 Å². The number of ether oxygens (including phenoxy) is 1. The van der Waals surface area contributed by atoms with Gasteiger partial charge in [-0.3, -0.25) is 4.98 Å². The van der Waals surface area contributed by atoms with Crippen LogP contribution in [0.2, 0.25) is 0 Å². The third-order valence-electron chi connectivity index (χ3n) is 4.62. The zero-order valence-electron chi connectivity index (χ0n) is 11.8. The Morgan fingerprint density at radius 3 is 3.05 bits per heavy atom. The van der Waals surface area contributed by atoms with Gasteiger partial charge in [-0.25, -0.2) is 0 Å². The molecule has 1 spiro atoms. The molecule has 1 saturated carbocycles. The van der Waals surface area contributed by atoms with E-state index in [2.05, 4.69) is 27.7 Å². The molecular formula is C16H22N2OS. The molecule has 3 nitrogen and oxygen atoms in total. The van der Waals surface area contributed by atoms with Gasteiger partial charge in [-0.2, -0.15) is 0 Å². The van der Waals surface area contributed by atoms with Crippen LogP contribution >= 0.6 is 11.8 Å². The van der Waals surface area contributed by atoms with Crippen molar-refractivity contribution in [3.8, 4) is 0 Å². The van der Waals surface area contributed by atoms with Crippen molar-refractivity contribution in [3.05, 3.63) is 30.1 Å². The first-order valence-electron chi connectivity index (χ1n) is 7.68. The quantitative estimate of drug-likeness (QED) is 0.832. The minimum atomic E-state index is 0.434. The van der Waals surface area contributed by atoms with E-state index in [1.165, 1.54) is 44.5 Å². The van der Waals surface area contributed by atoms with Gasteiger partial charge >= 0.3 is 0 Å². The maximum absolute atomic E-state index is 6.07. The summed E-state index contributed by atoms with van der Waals surface area (Å²) >= 11 is 2.14. The van der Waals surface area contributed by atoms with Crippen molar-refractivity contribution in [3.63, 3.8) is 0 Å². The number of rotatable bonds is 5. The highest BCUT2D eigenvalue weighted by Crippen LogP contribution is 2.47. The predicted molar refractivity (Wildman–Crippen MR) is 81.8 cm³/mol. The average Bonchev–Trinajstić information content (AvgIpc) is 3.15. The standard InChI is InChI=1S/C16H22N2OS/c1-2-14(7-17-5-1)9-19-15-6-16(20-10-15)11-18(12-16)8-13-3-4-13/h1-2,5,7,13,15H,3-4,6,8-12H2/t15-/m1/s1. The molecule has 0 radical (unpaired) electrons. The lowest BCUT2D eigenvalue weighted by Gasteiger charge is -2.47. The molecule has 1 aromatic heterocycles. The Kier molecular flexibility index (Phi) is 3.49. The summed E-state index contributed by atoms with van der Waals surface area (Å²) in [6.45, 7) is 4.65. The maximum atomic E-state index is 6.07. The van der Waals surface area contributed by atoms with Crippen LogP contribution in [0.4, 0.5) is 0 Å². The first kappa shape index (κ1) is 13.1. The molecule has 1 aromatic rings. The smallest absolute Gasteiger partial charge is 0.0736 e. The van der Waals surface area contributed by atoms with Crippen LogP contribution in [0.3, 0.4) is 0 Å². The number of likely N-dealkylation sites (tertiary alicyclic amines) is 1. The van der Waals surface area contributed by atoms with Crippen LogP contribution < -0.4 is 0 Å². The van der Waals surface area contributed by atoms with Crippen molar-refractivity contribution < 1.29 is 4.74 Å². The number of nitrogens with zero attached hydrogens (tertiary/aromatic N) is 2. The second-order valence-electron chi connectivity index (χ2n) is 6.61. The Hall–Kier alpha value is -0.580. The molecule has 2 saturated heterocycles. The van der Waals surface area contributed by atoms with E-state index in [1.54, 1.807) is 0 Å². The lowest BCUT2D eigenvalue weighted by Crippen LogP contribution is -2.59. The SMILES string of the molecule is c1cncc(CO[C@H]2CSC3(C2)CN(CC2CC2)C3)c1. The fourth-order valence-corrected chi connectivity index (χ4v) is 5.00. The van der Waals surface area contributed by atoms with Crippen LogP contribution in [0.15, 0.2) is 24.5 Å². The molecule has 0 bridgehead atoms. The molecule has 0 unspecified atom stereocenters. The Morgan fingerprint density at radius 1 is 1.40 bits per heavy atom. The molecule has 2 aliphatic heterocycles. The van der Waals surface area contributed by atoms with E-state index in [-0.39, 0.29) is 0 Å². The average molecular weight is 290 g/mol. The van der Waals surface area contributed by atoms with Gasteiger partial charge in [-0.1, -0.05) is 6.07 Å². The van der Waals surface area contributed by atoms with Crippen LogP contribution in [-0.2, 0) is 11.3 Å². The van der Waals surface area contributed by atoms with Crippen molar-refractivity contribution in [1.29, 1.82) is 0 Å². The zero-order valence-corrected chi connectivity index (χ0v) is 12.6. The zero-order chi connectivity index (χ0) is 13.4. The van der Waals surface area contributed by atoms with Gasteiger partial charge in [0.2, 0.25) is 0 Å². The Labute approximate surface area is 125 Å². The summed E-state index contributed by atoms with van der Waals surface area (Å²) in [6.07, 6.45) is 8.31. The number of thioether (sulfide) groups is 1. The predicted octanol–water partition coefficient (Wildman–Crippen LogP) is 2.57. The van der Waals surface area contributed by atoms with Gasteiger partial charge in [0.1, 0.15) is 0 Å². The summed E-state index contributed by atoms with van der Waals surface area (Å²) < 4.78 is 6.59. The van der Waals surface area contributed by atoms with Crippen molar-refractivity contribution >= 4 is 11.8 Å². The van der Waals surface area contributed by atoms with Gasteiger partial charge in [-0.05, 0) is 36.8 Å². The third kappa shape index (κ3) is 2.87. The molecule has 1 atom stereocenters. The second kappa shape index (κ2) is 5.32. The van der Waals surface area contributed by atoms with Gasteiger partial charge < -0.3 is 9.64 Å². The molecule has 1 aliphatic carbocycles. The summed E-state index contributed by atoms with van der Waals surface area (Å²) in [7, 11) is 0. The van der Waals surface area contributed by atoms with Crippen LogP contribution in [-0.4, -0.2) is 46.1 Å². The molecule has 4 rings (SSSR count). The van der Waals surface area contributed by atoms with E-state index < -0.39 is 0 Å². The molecule has 3 heterocycles. The summed E-state index contributed by atoms with van der Waals surface area (Å²) in [5, 5.41) is 0. The van der Waals surface area contributed by atoms with Crippen LogP contribution in [0.5, 0.6) is 0 Å². The summed E-state index contributed by atoms with van der Waals surface area (Å²) in [6, 6.07) is 4.07. The van der Waals surface area contributed by atoms with Gasteiger partial charge in [0.25, 0.3) is 0 Å². The molecule has 3 aliphatic rings. The molecular weight excluding hydrogens is 268 g/mol. The largest absolute Gasteiger partial charge is 0.373 e. The van der Waals surface area contributed by atoms with Crippen LogP contribution in [0, 0.1) is 5.92 Å². The highest BCUT2D eigenvalue weighted by atomic mass is 32.2.